The van der Waals surface area contributed by atoms with Crippen LogP contribution >= 0.6 is 0 Å². The monoisotopic (exact) mass is 330 g/mol. The van der Waals surface area contributed by atoms with Gasteiger partial charge < -0.3 is 9.47 Å². The summed E-state index contributed by atoms with van der Waals surface area (Å²) in [5.41, 5.74) is -0.507. The van der Waals surface area contributed by atoms with E-state index in [1.807, 2.05) is 20.8 Å². The van der Waals surface area contributed by atoms with Crippen molar-refractivity contribution in [3.05, 3.63) is 24.3 Å². The molecule has 0 N–H and O–H groups in total. The second-order valence-corrected chi connectivity index (χ2v) is 7.80. The van der Waals surface area contributed by atoms with Crippen molar-refractivity contribution in [1.82, 2.24) is 0 Å². The number of fused-ring (bicyclic) bond motifs is 2. The van der Waals surface area contributed by atoms with Crippen LogP contribution in [-0.2, 0) is 9.59 Å². The molecule has 0 amide bonds. The van der Waals surface area contributed by atoms with E-state index < -0.39 is 5.41 Å². The zero-order valence-electron chi connectivity index (χ0n) is 14.7. The predicted octanol–water partition coefficient (Wildman–Crippen LogP) is 4.37. The van der Waals surface area contributed by atoms with E-state index in [0.29, 0.717) is 23.8 Å². The highest BCUT2D eigenvalue weighted by molar-refractivity contribution is 5.78. The van der Waals surface area contributed by atoms with Crippen LogP contribution in [0, 0.1) is 23.2 Å². The number of benzene rings is 1. The first-order chi connectivity index (χ1) is 11.4. The zero-order valence-corrected chi connectivity index (χ0v) is 14.7. The number of hydrogen-bond acceptors (Lipinski definition) is 4. The highest BCUT2D eigenvalue weighted by atomic mass is 16.5. The molecule has 2 aliphatic rings. The van der Waals surface area contributed by atoms with Gasteiger partial charge in [0.25, 0.3) is 0 Å². The Morgan fingerprint density at radius 3 is 2.17 bits per heavy atom. The molecule has 130 valence electrons. The third kappa shape index (κ3) is 3.47. The number of ether oxygens (including phenoxy) is 2. The third-order valence-electron chi connectivity index (χ3n) is 5.73. The van der Waals surface area contributed by atoms with E-state index in [0.717, 1.165) is 18.8 Å². The molecule has 0 saturated heterocycles. The van der Waals surface area contributed by atoms with Crippen LogP contribution in [0.25, 0.3) is 0 Å². The Bertz CT molecular complexity index is 617. The van der Waals surface area contributed by atoms with Gasteiger partial charge in [-0.1, -0.05) is 13.3 Å². The maximum atomic E-state index is 12.3. The Labute approximate surface area is 143 Å². The average Bonchev–Trinajstić information content (AvgIpc) is 3.19. The molecule has 0 heterocycles. The Kier molecular flexibility index (Phi) is 4.66. The highest BCUT2D eigenvalue weighted by Crippen LogP contribution is 2.48. The van der Waals surface area contributed by atoms with Gasteiger partial charge in [0.1, 0.15) is 11.5 Å². The molecule has 3 atom stereocenters. The molecule has 0 spiro atoms. The minimum atomic E-state index is -0.507. The molecule has 2 bridgehead atoms. The molecule has 2 fully saturated rings. The van der Waals surface area contributed by atoms with Gasteiger partial charge in [0, 0.05) is 0 Å². The lowest BCUT2D eigenvalue weighted by Gasteiger charge is -2.20. The summed E-state index contributed by atoms with van der Waals surface area (Å²) in [6.45, 7) is 5.68. The van der Waals surface area contributed by atoms with E-state index in [9.17, 15) is 9.59 Å². The molecule has 2 saturated carbocycles. The molecule has 2 aliphatic carbocycles. The van der Waals surface area contributed by atoms with Crippen molar-refractivity contribution in [2.24, 2.45) is 23.2 Å². The second-order valence-electron chi connectivity index (χ2n) is 7.80. The van der Waals surface area contributed by atoms with Gasteiger partial charge in [-0.05, 0) is 75.6 Å². The predicted molar refractivity (Wildman–Crippen MR) is 90.7 cm³/mol. The first-order valence-corrected chi connectivity index (χ1v) is 8.93. The fourth-order valence-corrected chi connectivity index (χ4v) is 3.69. The zero-order chi connectivity index (χ0) is 17.3. The van der Waals surface area contributed by atoms with Gasteiger partial charge in [-0.15, -0.1) is 0 Å². The van der Waals surface area contributed by atoms with E-state index in [1.165, 1.54) is 12.8 Å². The van der Waals surface area contributed by atoms with Crippen LogP contribution in [0.3, 0.4) is 0 Å². The van der Waals surface area contributed by atoms with Crippen LogP contribution < -0.4 is 9.47 Å². The third-order valence-corrected chi connectivity index (χ3v) is 5.73. The van der Waals surface area contributed by atoms with Crippen molar-refractivity contribution in [2.75, 3.05) is 0 Å². The first-order valence-electron chi connectivity index (χ1n) is 8.93. The number of esters is 2. The maximum Gasteiger partial charge on any atom is 0.316 e. The quantitative estimate of drug-likeness (QED) is 0.594. The molecule has 24 heavy (non-hydrogen) atoms. The molecule has 3 unspecified atom stereocenters. The van der Waals surface area contributed by atoms with Crippen molar-refractivity contribution >= 4 is 11.9 Å². The summed E-state index contributed by atoms with van der Waals surface area (Å²) in [5.74, 6) is 1.91. The smallest absolute Gasteiger partial charge is 0.316 e. The Hall–Kier alpha value is -1.84. The van der Waals surface area contributed by atoms with Gasteiger partial charge >= 0.3 is 11.9 Å². The summed E-state index contributed by atoms with van der Waals surface area (Å²) in [7, 11) is 0. The van der Waals surface area contributed by atoms with Crippen LogP contribution in [0.2, 0.25) is 0 Å². The van der Waals surface area contributed by atoms with Gasteiger partial charge in [0.05, 0.1) is 11.3 Å². The van der Waals surface area contributed by atoms with Crippen molar-refractivity contribution < 1.29 is 19.1 Å². The molecule has 1 aromatic rings. The maximum absolute atomic E-state index is 12.3. The second kappa shape index (κ2) is 6.58. The van der Waals surface area contributed by atoms with Crippen molar-refractivity contribution in [1.29, 1.82) is 0 Å². The van der Waals surface area contributed by atoms with Crippen LogP contribution in [0.15, 0.2) is 24.3 Å². The lowest BCUT2D eigenvalue weighted by Crippen LogP contribution is -2.28. The largest absolute Gasteiger partial charge is 0.426 e. The Morgan fingerprint density at radius 2 is 1.67 bits per heavy atom. The van der Waals surface area contributed by atoms with Gasteiger partial charge in [-0.2, -0.15) is 0 Å². The molecule has 1 aromatic carbocycles. The number of carbonyl (C=O) groups excluding carboxylic acids is 2. The van der Waals surface area contributed by atoms with Gasteiger partial charge in [0.15, 0.2) is 0 Å². The fraction of sp³-hybridized carbons (Fsp3) is 0.600. The standard InChI is InChI=1S/C20H26O4/c1-4-20(2,3)19(22)24-16-9-7-15(8-10-16)23-18(21)17-12-13-5-6-14(17)11-13/h7-10,13-14,17H,4-6,11-12H2,1-3H3. The van der Waals surface area contributed by atoms with E-state index >= 15 is 0 Å². The van der Waals surface area contributed by atoms with Crippen LogP contribution in [-0.4, -0.2) is 11.9 Å². The Morgan fingerprint density at radius 1 is 1.04 bits per heavy atom. The molecular weight excluding hydrogens is 304 g/mol. The summed E-state index contributed by atoms with van der Waals surface area (Å²) in [5, 5.41) is 0. The lowest BCUT2D eigenvalue weighted by molar-refractivity contribution is -0.144. The summed E-state index contributed by atoms with van der Waals surface area (Å²) in [6, 6.07) is 6.72. The highest BCUT2D eigenvalue weighted by Gasteiger charge is 2.44. The van der Waals surface area contributed by atoms with Gasteiger partial charge in [-0.25, -0.2) is 0 Å². The molecule has 0 aromatic heterocycles. The minimum absolute atomic E-state index is 0.0617. The minimum Gasteiger partial charge on any atom is -0.426 e. The Balaban J connectivity index is 1.57. The number of carbonyl (C=O) groups is 2. The normalized spacial score (nSPS) is 25.5. The molecule has 0 aliphatic heterocycles. The van der Waals surface area contributed by atoms with Crippen molar-refractivity contribution in [2.45, 2.75) is 52.9 Å². The van der Waals surface area contributed by atoms with Gasteiger partial charge in [0.2, 0.25) is 0 Å². The summed E-state index contributed by atoms with van der Waals surface area (Å²) in [6.07, 6.45) is 5.30. The summed E-state index contributed by atoms with van der Waals surface area (Å²) < 4.78 is 10.9. The summed E-state index contributed by atoms with van der Waals surface area (Å²) >= 11 is 0. The fourth-order valence-electron chi connectivity index (χ4n) is 3.69. The van der Waals surface area contributed by atoms with Crippen molar-refractivity contribution in [3.8, 4) is 11.5 Å². The number of hydrogen-bond donors (Lipinski definition) is 0. The van der Waals surface area contributed by atoms with Crippen LogP contribution in [0.1, 0.15) is 52.9 Å². The molecular formula is C20H26O4. The number of rotatable bonds is 5. The van der Waals surface area contributed by atoms with Crippen LogP contribution in [0.5, 0.6) is 11.5 Å². The average molecular weight is 330 g/mol. The topological polar surface area (TPSA) is 52.6 Å². The van der Waals surface area contributed by atoms with Gasteiger partial charge in [-0.3, -0.25) is 9.59 Å². The molecule has 4 heteroatoms. The van der Waals surface area contributed by atoms with E-state index in [2.05, 4.69) is 0 Å². The molecule has 4 nitrogen and oxygen atoms in total. The SMILES string of the molecule is CCC(C)(C)C(=O)Oc1ccc(OC(=O)C2CC3CCC2C3)cc1. The van der Waals surface area contributed by atoms with E-state index in [1.54, 1.807) is 24.3 Å². The summed E-state index contributed by atoms with van der Waals surface area (Å²) in [4.78, 5) is 24.4. The van der Waals surface area contributed by atoms with E-state index in [4.69, 9.17) is 9.47 Å². The van der Waals surface area contributed by atoms with Crippen molar-refractivity contribution in [3.63, 3.8) is 0 Å². The van der Waals surface area contributed by atoms with Crippen LogP contribution in [0.4, 0.5) is 0 Å². The van der Waals surface area contributed by atoms with E-state index in [-0.39, 0.29) is 17.9 Å². The first kappa shape index (κ1) is 17.0. The molecule has 0 radical (unpaired) electrons. The lowest BCUT2D eigenvalue weighted by atomic mass is 9.89. The molecule has 3 rings (SSSR count).